The number of hydrogen-bond acceptors (Lipinski definition) is 3. The van der Waals surface area contributed by atoms with Crippen LogP contribution in [0.15, 0.2) is 36.4 Å². The molecule has 0 aliphatic rings. The second kappa shape index (κ2) is 6.43. The lowest BCUT2D eigenvalue weighted by atomic mass is 9.97. The number of benzene rings is 2. The molecule has 0 heterocycles. The predicted octanol–water partition coefficient (Wildman–Crippen LogP) is 3.70. The zero-order chi connectivity index (χ0) is 15.4. The zero-order valence-electron chi connectivity index (χ0n) is 11.4. The summed E-state index contributed by atoms with van der Waals surface area (Å²) in [5.74, 6) is -1.47. The van der Waals surface area contributed by atoms with Gasteiger partial charge in [0.1, 0.15) is 18.0 Å². The summed E-state index contributed by atoms with van der Waals surface area (Å²) in [6.45, 7) is 1.68. The second-order valence-electron chi connectivity index (χ2n) is 4.59. The molecule has 0 bridgehead atoms. The van der Waals surface area contributed by atoms with E-state index in [9.17, 15) is 18.4 Å². The van der Waals surface area contributed by atoms with Crippen molar-refractivity contribution in [3.05, 3.63) is 42.0 Å². The van der Waals surface area contributed by atoms with Gasteiger partial charge in [-0.3, -0.25) is 4.79 Å². The quantitative estimate of drug-likeness (QED) is 0.479. The highest BCUT2D eigenvalue weighted by Crippen LogP contribution is 2.27. The van der Waals surface area contributed by atoms with Gasteiger partial charge >= 0.3 is 5.97 Å². The summed E-state index contributed by atoms with van der Waals surface area (Å²) >= 11 is 0. The molecule has 0 saturated heterocycles. The molecule has 2 aromatic carbocycles. The van der Waals surface area contributed by atoms with E-state index in [1.807, 2.05) is 0 Å². The summed E-state index contributed by atoms with van der Waals surface area (Å²) in [5, 5.41) is 1.45. The molecule has 5 heteroatoms. The normalized spacial score (nSPS) is 12.4. The van der Waals surface area contributed by atoms with Crippen LogP contribution in [0.3, 0.4) is 0 Å². The summed E-state index contributed by atoms with van der Waals surface area (Å²) < 4.78 is 30.7. The van der Waals surface area contributed by atoms with Crippen molar-refractivity contribution in [1.82, 2.24) is 0 Å². The Morgan fingerprint density at radius 2 is 1.90 bits per heavy atom. The van der Waals surface area contributed by atoms with Crippen molar-refractivity contribution in [3.8, 4) is 5.75 Å². The largest absolute Gasteiger partial charge is 0.427 e. The summed E-state index contributed by atoms with van der Waals surface area (Å²) in [6.07, 6.45) is -2.26. The van der Waals surface area contributed by atoms with Crippen LogP contribution in [0.4, 0.5) is 8.78 Å². The lowest BCUT2D eigenvalue weighted by Crippen LogP contribution is -2.10. The molecular formula is C16H14F2O3. The number of carbonyl (C=O) groups is 2. The summed E-state index contributed by atoms with van der Waals surface area (Å²) in [7, 11) is 0. The molecule has 21 heavy (non-hydrogen) atoms. The van der Waals surface area contributed by atoms with Crippen LogP contribution in [0.1, 0.15) is 24.8 Å². The summed E-state index contributed by atoms with van der Waals surface area (Å²) in [4.78, 5) is 22.0. The molecule has 2 aromatic rings. The molecule has 2 rings (SSSR count). The predicted molar refractivity (Wildman–Crippen MR) is 74.7 cm³/mol. The second-order valence-corrected chi connectivity index (χ2v) is 4.59. The highest BCUT2D eigenvalue weighted by molar-refractivity contribution is 5.86. The van der Waals surface area contributed by atoms with Crippen molar-refractivity contribution in [2.24, 2.45) is 0 Å². The molecule has 1 atom stereocenters. The maximum atomic E-state index is 12.8. The molecule has 0 amide bonds. The number of halogens is 2. The van der Waals surface area contributed by atoms with E-state index in [2.05, 4.69) is 0 Å². The van der Waals surface area contributed by atoms with Crippen LogP contribution in [0, 0.1) is 0 Å². The Balaban J connectivity index is 2.40. The average molecular weight is 292 g/mol. The number of ether oxygens (including phenoxy) is 1. The van der Waals surface area contributed by atoms with Crippen LogP contribution in [-0.2, 0) is 9.59 Å². The van der Waals surface area contributed by atoms with Gasteiger partial charge < -0.3 is 9.53 Å². The molecule has 0 N–H and O–H groups in total. The van der Waals surface area contributed by atoms with Gasteiger partial charge in [0.15, 0.2) is 0 Å². The number of hydrogen-bond donors (Lipinski definition) is 0. The smallest absolute Gasteiger partial charge is 0.310 e. The number of esters is 1. The maximum Gasteiger partial charge on any atom is 0.310 e. The fourth-order valence-corrected chi connectivity index (χ4v) is 2.00. The fraction of sp³-hybridized carbons (Fsp3) is 0.250. The first kappa shape index (κ1) is 15.1. The van der Waals surface area contributed by atoms with Gasteiger partial charge in [-0.15, -0.1) is 0 Å². The van der Waals surface area contributed by atoms with Crippen molar-refractivity contribution in [2.45, 2.75) is 25.7 Å². The highest BCUT2D eigenvalue weighted by atomic mass is 19.3. The van der Waals surface area contributed by atoms with Gasteiger partial charge in [0.05, 0.1) is 0 Å². The lowest BCUT2D eigenvalue weighted by Gasteiger charge is -2.11. The lowest BCUT2D eigenvalue weighted by molar-refractivity contribution is -0.134. The molecule has 0 fully saturated rings. The minimum absolute atomic E-state index is 0.242. The summed E-state index contributed by atoms with van der Waals surface area (Å²) in [6, 6.07) is 9.65. The number of rotatable bonds is 5. The average Bonchev–Trinajstić information content (AvgIpc) is 2.47. The Morgan fingerprint density at radius 1 is 1.19 bits per heavy atom. The number of alkyl halides is 2. The van der Waals surface area contributed by atoms with Crippen LogP contribution in [0.25, 0.3) is 10.8 Å². The van der Waals surface area contributed by atoms with E-state index in [0.717, 1.165) is 5.39 Å². The van der Waals surface area contributed by atoms with Crippen LogP contribution in [0.5, 0.6) is 5.75 Å². The van der Waals surface area contributed by atoms with E-state index in [1.165, 1.54) is 12.1 Å². The molecule has 0 aliphatic heterocycles. The van der Waals surface area contributed by atoms with Gasteiger partial charge in [-0.05, 0) is 28.5 Å². The molecule has 1 unspecified atom stereocenters. The number of carbonyl (C=O) groups excluding carboxylic acids is 2. The van der Waals surface area contributed by atoms with E-state index < -0.39 is 12.3 Å². The Morgan fingerprint density at radius 3 is 2.52 bits per heavy atom. The zero-order valence-corrected chi connectivity index (χ0v) is 11.4. The van der Waals surface area contributed by atoms with Gasteiger partial charge in [0.25, 0.3) is 6.43 Å². The molecule has 3 nitrogen and oxygen atoms in total. The summed E-state index contributed by atoms with van der Waals surface area (Å²) in [5.41, 5.74) is 0.242. The van der Waals surface area contributed by atoms with E-state index in [0.29, 0.717) is 11.1 Å². The molecule has 110 valence electrons. The third-order valence-electron chi connectivity index (χ3n) is 3.16. The van der Waals surface area contributed by atoms with Crippen molar-refractivity contribution < 1.29 is 23.1 Å². The molecular weight excluding hydrogens is 278 g/mol. The van der Waals surface area contributed by atoms with E-state index >= 15 is 0 Å². The first-order valence-corrected chi connectivity index (χ1v) is 6.53. The van der Waals surface area contributed by atoms with E-state index in [1.54, 1.807) is 31.2 Å². The number of fused-ring (bicyclic) bond motifs is 1. The fourth-order valence-electron chi connectivity index (χ4n) is 2.00. The first-order valence-electron chi connectivity index (χ1n) is 6.53. The van der Waals surface area contributed by atoms with Gasteiger partial charge in [0, 0.05) is 6.42 Å². The minimum Gasteiger partial charge on any atom is -0.427 e. The van der Waals surface area contributed by atoms with Crippen molar-refractivity contribution >= 4 is 23.0 Å². The third-order valence-corrected chi connectivity index (χ3v) is 3.16. The van der Waals surface area contributed by atoms with E-state index in [4.69, 9.17) is 4.74 Å². The SMILES string of the molecule is CCC(=O)Oc1ccc2ccc(C(C=O)C(F)F)cc2c1. The minimum atomic E-state index is -2.75. The van der Waals surface area contributed by atoms with Gasteiger partial charge in [0.2, 0.25) is 0 Å². The van der Waals surface area contributed by atoms with Crippen molar-refractivity contribution in [3.63, 3.8) is 0 Å². The number of aldehydes is 1. The van der Waals surface area contributed by atoms with Crippen LogP contribution in [0.2, 0.25) is 0 Å². The molecule has 0 aliphatic carbocycles. The maximum absolute atomic E-state index is 12.8. The molecule has 0 aromatic heterocycles. The highest BCUT2D eigenvalue weighted by Gasteiger charge is 2.21. The molecule has 0 saturated carbocycles. The van der Waals surface area contributed by atoms with Crippen molar-refractivity contribution in [2.75, 3.05) is 0 Å². The Labute approximate surface area is 120 Å². The van der Waals surface area contributed by atoms with Gasteiger partial charge in [-0.1, -0.05) is 31.2 Å². The Bertz CT molecular complexity index is 668. The van der Waals surface area contributed by atoms with Crippen LogP contribution >= 0.6 is 0 Å². The van der Waals surface area contributed by atoms with Gasteiger partial charge in [-0.2, -0.15) is 0 Å². The van der Waals surface area contributed by atoms with E-state index in [-0.39, 0.29) is 24.2 Å². The molecule has 0 spiro atoms. The van der Waals surface area contributed by atoms with Gasteiger partial charge in [-0.25, -0.2) is 8.78 Å². The Kier molecular flexibility index (Phi) is 4.62. The monoisotopic (exact) mass is 292 g/mol. The van der Waals surface area contributed by atoms with Crippen LogP contribution in [-0.4, -0.2) is 18.7 Å². The van der Waals surface area contributed by atoms with Crippen molar-refractivity contribution in [1.29, 1.82) is 0 Å². The third kappa shape index (κ3) is 3.42. The molecule has 0 radical (unpaired) electrons. The van der Waals surface area contributed by atoms with Crippen LogP contribution < -0.4 is 4.74 Å². The topological polar surface area (TPSA) is 43.4 Å². The first-order chi connectivity index (χ1) is 10.0. The Hall–Kier alpha value is -2.30. The standard InChI is InChI=1S/C16H14F2O3/c1-2-15(20)21-13-6-5-10-3-4-11(7-12(10)8-13)14(9-19)16(17)18/h3-9,14,16H,2H2,1H3.